The first-order valence-electron chi connectivity index (χ1n) is 5.67. The molecule has 110 valence electrons. The normalized spacial score (nSPS) is 11.1. The van der Waals surface area contributed by atoms with Gasteiger partial charge < -0.3 is 5.73 Å². The molecule has 8 heteroatoms. The summed E-state index contributed by atoms with van der Waals surface area (Å²) in [7, 11) is -4.18. The van der Waals surface area contributed by atoms with E-state index in [1.54, 1.807) is 0 Å². The molecule has 0 bridgehead atoms. The fourth-order valence-corrected chi connectivity index (χ4v) is 2.72. The molecule has 2 aromatic carbocycles. The van der Waals surface area contributed by atoms with E-state index in [9.17, 15) is 22.0 Å². The van der Waals surface area contributed by atoms with E-state index >= 15 is 0 Å². The van der Waals surface area contributed by atoms with Crippen molar-refractivity contribution in [1.29, 1.82) is 0 Å². The highest BCUT2D eigenvalue weighted by Gasteiger charge is 2.17. The van der Waals surface area contributed by atoms with Gasteiger partial charge in [0.15, 0.2) is 0 Å². The number of rotatable bonds is 4. The molecule has 0 unspecified atom stereocenters. The maximum atomic E-state index is 13.1. The van der Waals surface area contributed by atoms with Crippen LogP contribution in [0.15, 0.2) is 47.4 Å². The van der Waals surface area contributed by atoms with Gasteiger partial charge in [-0.05, 0) is 30.3 Å². The first-order chi connectivity index (χ1) is 9.78. The standard InChI is InChI=1S/C13H10F2N2O3S/c14-9-5-10(15)7-12(6-9)21(19,20)17-11-3-1-2-8(4-11)13(16)18/h1-7,17H,(H2,16,18). The number of hydrogen-bond acceptors (Lipinski definition) is 3. The minimum atomic E-state index is -4.18. The number of carbonyl (C=O) groups is 1. The molecule has 21 heavy (non-hydrogen) atoms. The van der Waals surface area contributed by atoms with Gasteiger partial charge in [-0.15, -0.1) is 0 Å². The number of nitrogens with one attached hydrogen (secondary N) is 1. The molecular weight excluding hydrogens is 302 g/mol. The monoisotopic (exact) mass is 312 g/mol. The van der Waals surface area contributed by atoms with E-state index in [1.807, 2.05) is 0 Å². The first kappa shape index (κ1) is 14.9. The summed E-state index contributed by atoms with van der Waals surface area (Å²) < 4.78 is 52.3. The van der Waals surface area contributed by atoms with E-state index in [0.717, 1.165) is 0 Å². The molecular formula is C13H10F2N2O3S. The van der Waals surface area contributed by atoms with Crippen molar-refractivity contribution in [3.8, 4) is 0 Å². The van der Waals surface area contributed by atoms with Crippen molar-refractivity contribution >= 4 is 21.6 Å². The lowest BCUT2D eigenvalue weighted by molar-refractivity contribution is 0.100. The molecule has 0 saturated carbocycles. The van der Waals surface area contributed by atoms with Gasteiger partial charge in [0.25, 0.3) is 10.0 Å². The number of hydrogen-bond donors (Lipinski definition) is 2. The van der Waals surface area contributed by atoms with E-state index in [2.05, 4.69) is 4.72 Å². The van der Waals surface area contributed by atoms with Crippen molar-refractivity contribution in [2.75, 3.05) is 4.72 Å². The maximum Gasteiger partial charge on any atom is 0.262 e. The largest absolute Gasteiger partial charge is 0.366 e. The second-order valence-corrected chi connectivity index (χ2v) is 5.84. The highest BCUT2D eigenvalue weighted by atomic mass is 32.2. The van der Waals surface area contributed by atoms with Crippen molar-refractivity contribution in [2.24, 2.45) is 5.73 Å². The summed E-state index contributed by atoms with van der Waals surface area (Å²) >= 11 is 0. The zero-order valence-electron chi connectivity index (χ0n) is 10.5. The first-order valence-corrected chi connectivity index (χ1v) is 7.15. The molecule has 0 aliphatic heterocycles. The minimum Gasteiger partial charge on any atom is -0.366 e. The topological polar surface area (TPSA) is 89.3 Å². The van der Waals surface area contributed by atoms with Crippen LogP contribution >= 0.6 is 0 Å². The third kappa shape index (κ3) is 3.54. The average molecular weight is 312 g/mol. The second kappa shape index (κ2) is 5.49. The lowest BCUT2D eigenvalue weighted by Crippen LogP contribution is -2.15. The van der Waals surface area contributed by atoms with Gasteiger partial charge in [0.2, 0.25) is 5.91 Å². The summed E-state index contributed by atoms with van der Waals surface area (Å²) in [5, 5.41) is 0. The zero-order chi connectivity index (χ0) is 15.6. The Morgan fingerprint density at radius 2 is 1.67 bits per heavy atom. The summed E-state index contributed by atoms with van der Waals surface area (Å²) in [6, 6.07) is 7.35. The van der Waals surface area contributed by atoms with Crippen LogP contribution in [0.5, 0.6) is 0 Å². The number of halogens is 2. The molecule has 0 radical (unpaired) electrons. The number of sulfonamides is 1. The van der Waals surface area contributed by atoms with E-state index in [0.29, 0.717) is 18.2 Å². The molecule has 1 amide bonds. The SMILES string of the molecule is NC(=O)c1cccc(NS(=O)(=O)c2cc(F)cc(F)c2)c1. The van der Waals surface area contributed by atoms with Crippen LogP contribution in [-0.4, -0.2) is 14.3 Å². The molecule has 0 saturated heterocycles. The average Bonchev–Trinajstić information content (AvgIpc) is 2.37. The fraction of sp³-hybridized carbons (Fsp3) is 0. The molecule has 0 fully saturated rings. The molecule has 2 aromatic rings. The van der Waals surface area contributed by atoms with Gasteiger partial charge >= 0.3 is 0 Å². The third-order valence-electron chi connectivity index (χ3n) is 2.55. The molecule has 0 aliphatic carbocycles. The maximum absolute atomic E-state index is 13.1. The van der Waals surface area contributed by atoms with Crippen LogP contribution in [0.3, 0.4) is 0 Å². The molecule has 0 heterocycles. The molecule has 5 nitrogen and oxygen atoms in total. The van der Waals surface area contributed by atoms with Crippen LogP contribution < -0.4 is 10.5 Å². The van der Waals surface area contributed by atoms with Gasteiger partial charge in [0, 0.05) is 17.3 Å². The summed E-state index contributed by atoms with van der Waals surface area (Å²) in [6.45, 7) is 0. The van der Waals surface area contributed by atoms with Crippen molar-refractivity contribution in [2.45, 2.75) is 4.90 Å². The van der Waals surface area contributed by atoms with Crippen LogP contribution in [0.1, 0.15) is 10.4 Å². The number of amides is 1. The van der Waals surface area contributed by atoms with Crippen LogP contribution in [0.25, 0.3) is 0 Å². The lowest BCUT2D eigenvalue weighted by atomic mass is 10.2. The van der Waals surface area contributed by atoms with E-state index in [4.69, 9.17) is 5.73 Å². The third-order valence-corrected chi connectivity index (χ3v) is 3.91. The number of anilines is 1. The van der Waals surface area contributed by atoms with Crippen molar-refractivity contribution in [3.05, 3.63) is 59.7 Å². The molecule has 0 aromatic heterocycles. The zero-order valence-corrected chi connectivity index (χ0v) is 11.3. The van der Waals surface area contributed by atoms with Crippen LogP contribution in [0.2, 0.25) is 0 Å². The summed E-state index contributed by atoms with van der Waals surface area (Å²) in [4.78, 5) is 10.5. The Labute approximate surface area is 119 Å². The quantitative estimate of drug-likeness (QED) is 0.903. The lowest BCUT2D eigenvalue weighted by Gasteiger charge is -2.09. The Balaban J connectivity index is 2.37. The minimum absolute atomic E-state index is 0.0518. The van der Waals surface area contributed by atoms with Crippen LogP contribution in [-0.2, 0) is 10.0 Å². The van der Waals surface area contributed by atoms with Crippen LogP contribution in [0, 0.1) is 11.6 Å². The Morgan fingerprint density at radius 3 is 2.24 bits per heavy atom. The van der Waals surface area contributed by atoms with Crippen molar-refractivity contribution in [3.63, 3.8) is 0 Å². The molecule has 0 aliphatic rings. The van der Waals surface area contributed by atoms with Gasteiger partial charge in [-0.25, -0.2) is 17.2 Å². The predicted octanol–water partition coefficient (Wildman–Crippen LogP) is 1.86. The Bertz CT molecular complexity index is 787. The number of nitrogens with two attached hydrogens (primary N) is 1. The summed E-state index contributed by atoms with van der Waals surface area (Å²) in [5.41, 5.74) is 5.23. The van der Waals surface area contributed by atoms with E-state index in [1.165, 1.54) is 24.3 Å². The second-order valence-electron chi connectivity index (χ2n) is 4.16. The number of primary amides is 1. The van der Waals surface area contributed by atoms with Crippen LogP contribution in [0.4, 0.5) is 14.5 Å². The Kier molecular flexibility index (Phi) is 3.90. The Hall–Kier alpha value is -2.48. The molecule has 0 spiro atoms. The summed E-state index contributed by atoms with van der Waals surface area (Å²) in [6.07, 6.45) is 0. The highest BCUT2D eigenvalue weighted by Crippen LogP contribution is 2.19. The van der Waals surface area contributed by atoms with Crippen molar-refractivity contribution in [1.82, 2.24) is 0 Å². The number of carbonyl (C=O) groups excluding carboxylic acids is 1. The van der Waals surface area contributed by atoms with E-state index < -0.39 is 32.5 Å². The predicted molar refractivity (Wildman–Crippen MR) is 72.1 cm³/mol. The Morgan fingerprint density at radius 1 is 1.05 bits per heavy atom. The molecule has 3 N–H and O–H groups in total. The number of benzene rings is 2. The van der Waals surface area contributed by atoms with Gasteiger partial charge in [-0.3, -0.25) is 9.52 Å². The van der Waals surface area contributed by atoms with Gasteiger partial charge in [0.1, 0.15) is 11.6 Å². The highest BCUT2D eigenvalue weighted by molar-refractivity contribution is 7.92. The molecule has 0 atom stereocenters. The van der Waals surface area contributed by atoms with Gasteiger partial charge in [0.05, 0.1) is 4.90 Å². The van der Waals surface area contributed by atoms with Gasteiger partial charge in [-0.2, -0.15) is 0 Å². The van der Waals surface area contributed by atoms with Gasteiger partial charge in [-0.1, -0.05) is 6.07 Å². The molecule has 2 rings (SSSR count). The fourth-order valence-electron chi connectivity index (χ4n) is 1.63. The van der Waals surface area contributed by atoms with E-state index in [-0.39, 0.29) is 11.3 Å². The smallest absolute Gasteiger partial charge is 0.262 e. The summed E-state index contributed by atoms with van der Waals surface area (Å²) in [5.74, 6) is -2.75. The van der Waals surface area contributed by atoms with Crippen molar-refractivity contribution < 1.29 is 22.0 Å².